The van der Waals surface area contributed by atoms with Crippen molar-refractivity contribution >= 4 is 23.4 Å². The summed E-state index contributed by atoms with van der Waals surface area (Å²) in [5.41, 5.74) is -0.302. The van der Waals surface area contributed by atoms with Crippen LogP contribution in [0.5, 0.6) is 0 Å². The highest BCUT2D eigenvalue weighted by Gasteiger charge is 2.34. The molecule has 2 N–H and O–H groups in total. The standard InChI is InChI=1S/C22H26F4N6O/c1-14-5-9-32(10-6-14)19-15(3-4-18(30-19)22(24,25)26)12-28-21(33)29-16-11-17(23)20(27-13-16)31-7-2-8-31/h3-4,11,13-14H,2,5-10,12H2,1H3,(H2,28,29,33). The van der Waals surface area contributed by atoms with Crippen LogP contribution in [-0.4, -0.2) is 42.2 Å². The van der Waals surface area contributed by atoms with Gasteiger partial charge in [0, 0.05) is 44.4 Å². The lowest BCUT2D eigenvalue weighted by Gasteiger charge is -2.33. The number of piperidine rings is 1. The maximum atomic E-state index is 14.3. The fourth-order valence-corrected chi connectivity index (χ4v) is 3.88. The summed E-state index contributed by atoms with van der Waals surface area (Å²) in [6.45, 7) is 4.77. The van der Waals surface area contributed by atoms with E-state index in [2.05, 4.69) is 27.5 Å². The number of nitrogens with zero attached hydrogens (tertiary/aromatic N) is 4. The van der Waals surface area contributed by atoms with Crippen molar-refractivity contribution < 1.29 is 22.4 Å². The molecule has 2 amide bonds. The molecular weight excluding hydrogens is 440 g/mol. The van der Waals surface area contributed by atoms with E-state index in [-0.39, 0.29) is 23.9 Å². The first kappa shape index (κ1) is 23.1. The molecule has 2 saturated heterocycles. The molecule has 0 saturated carbocycles. The molecule has 178 valence electrons. The second kappa shape index (κ2) is 9.40. The number of rotatable bonds is 5. The summed E-state index contributed by atoms with van der Waals surface area (Å²) in [7, 11) is 0. The Hall–Kier alpha value is -3.11. The van der Waals surface area contributed by atoms with Gasteiger partial charge in [0.2, 0.25) is 0 Å². The van der Waals surface area contributed by atoms with E-state index in [9.17, 15) is 22.4 Å². The second-order valence-electron chi connectivity index (χ2n) is 8.52. The van der Waals surface area contributed by atoms with Gasteiger partial charge in [0.1, 0.15) is 11.5 Å². The first-order chi connectivity index (χ1) is 15.7. The van der Waals surface area contributed by atoms with Gasteiger partial charge in [0.15, 0.2) is 11.6 Å². The van der Waals surface area contributed by atoms with Crippen LogP contribution in [-0.2, 0) is 12.7 Å². The first-order valence-electron chi connectivity index (χ1n) is 11.0. The SMILES string of the molecule is CC1CCN(c2nc(C(F)(F)F)ccc2CNC(=O)Nc2cnc(N3CCC3)c(F)c2)CC1. The molecule has 0 unspecified atom stereocenters. The van der Waals surface area contributed by atoms with Crippen LogP contribution in [0.1, 0.15) is 37.4 Å². The molecule has 2 aliphatic heterocycles. The summed E-state index contributed by atoms with van der Waals surface area (Å²) in [6.07, 6.45) is -0.480. The van der Waals surface area contributed by atoms with Crippen LogP contribution < -0.4 is 20.4 Å². The number of hydrogen-bond donors (Lipinski definition) is 2. The molecule has 0 bridgehead atoms. The molecule has 0 aliphatic carbocycles. The predicted octanol–water partition coefficient (Wildman–Crippen LogP) is 4.40. The van der Waals surface area contributed by atoms with E-state index < -0.39 is 23.7 Å². The summed E-state index contributed by atoms with van der Waals surface area (Å²) < 4.78 is 53.9. The smallest absolute Gasteiger partial charge is 0.356 e. The van der Waals surface area contributed by atoms with Crippen LogP contribution >= 0.6 is 0 Å². The number of carbonyl (C=O) groups is 1. The van der Waals surface area contributed by atoms with Gasteiger partial charge in [0.05, 0.1) is 11.9 Å². The van der Waals surface area contributed by atoms with Crippen LogP contribution in [0.4, 0.5) is 39.7 Å². The fraction of sp³-hybridized carbons (Fsp3) is 0.500. The number of hydrogen-bond acceptors (Lipinski definition) is 5. The summed E-state index contributed by atoms with van der Waals surface area (Å²) in [6, 6.07) is 2.83. The topological polar surface area (TPSA) is 73.4 Å². The van der Waals surface area contributed by atoms with Gasteiger partial charge in [-0.05, 0) is 31.2 Å². The highest BCUT2D eigenvalue weighted by atomic mass is 19.4. The molecule has 0 aromatic carbocycles. The quantitative estimate of drug-likeness (QED) is 0.639. The number of amides is 2. The Morgan fingerprint density at radius 2 is 1.82 bits per heavy atom. The van der Waals surface area contributed by atoms with Crippen molar-refractivity contribution in [1.82, 2.24) is 15.3 Å². The Bertz CT molecular complexity index is 1000. The monoisotopic (exact) mass is 466 g/mol. The average molecular weight is 466 g/mol. The van der Waals surface area contributed by atoms with E-state index in [1.807, 2.05) is 4.90 Å². The van der Waals surface area contributed by atoms with E-state index in [0.29, 0.717) is 24.6 Å². The van der Waals surface area contributed by atoms with E-state index in [1.165, 1.54) is 18.3 Å². The zero-order valence-electron chi connectivity index (χ0n) is 18.3. The number of nitrogens with one attached hydrogen (secondary N) is 2. The molecule has 2 aromatic heterocycles. The summed E-state index contributed by atoms with van der Waals surface area (Å²) in [5, 5.41) is 5.13. The fourth-order valence-electron chi connectivity index (χ4n) is 3.88. The lowest BCUT2D eigenvalue weighted by atomic mass is 9.99. The number of pyridine rings is 2. The average Bonchev–Trinajstić information content (AvgIpc) is 2.73. The number of carbonyl (C=O) groups excluding carboxylic acids is 1. The normalized spacial score (nSPS) is 17.0. The first-order valence-corrected chi connectivity index (χ1v) is 11.0. The van der Waals surface area contributed by atoms with Crippen molar-refractivity contribution in [2.24, 2.45) is 5.92 Å². The largest absolute Gasteiger partial charge is 0.433 e. The van der Waals surface area contributed by atoms with Gasteiger partial charge in [-0.2, -0.15) is 13.2 Å². The number of urea groups is 1. The molecule has 2 aromatic rings. The highest BCUT2D eigenvalue weighted by Crippen LogP contribution is 2.32. The molecule has 4 heterocycles. The minimum Gasteiger partial charge on any atom is -0.356 e. The van der Waals surface area contributed by atoms with E-state index in [1.54, 1.807) is 4.90 Å². The van der Waals surface area contributed by atoms with Gasteiger partial charge < -0.3 is 20.4 Å². The Morgan fingerprint density at radius 1 is 1.12 bits per heavy atom. The van der Waals surface area contributed by atoms with E-state index >= 15 is 0 Å². The minimum absolute atomic E-state index is 0.0276. The number of aromatic nitrogens is 2. The van der Waals surface area contributed by atoms with Crippen molar-refractivity contribution in [3.63, 3.8) is 0 Å². The van der Waals surface area contributed by atoms with Gasteiger partial charge in [-0.1, -0.05) is 13.0 Å². The summed E-state index contributed by atoms with van der Waals surface area (Å²) in [4.78, 5) is 23.9. The Labute approximate surface area is 189 Å². The number of alkyl halides is 3. The molecule has 2 fully saturated rings. The number of halogens is 4. The lowest BCUT2D eigenvalue weighted by Crippen LogP contribution is -2.38. The van der Waals surface area contributed by atoms with Crippen LogP contribution in [0.3, 0.4) is 0 Å². The minimum atomic E-state index is -4.56. The zero-order chi connectivity index (χ0) is 23.6. The highest BCUT2D eigenvalue weighted by molar-refractivity contribution is 5.89. The van der Waals surface area contributed by atoms with Gasteiger partial charge in [0.25, 0.3) is 0 Å². The van der Waals surface area contributed by atoms with Crippen molar-refractivity contribution in [2.45, 2.75) is 38.9 Å². The molecule has 0 spiro atoms. The van der Waals surface area contributed by atoms with Crippen LogP contribution in [0.15, 0.2) is 24.4 Å². The molecule has 33 heavy (non-hydrogen) atoms. The molecule has 4 rings (SSSR count). The third kappa shape index (κ3) is 5.45. The summed E-state index contributed by atoms with van der Waals surface area (Å²) in [5.74, 6) is 0.453. The van der Waals surface area contributed by atoms with E-state index in [0.717, 1.165) is 38.4 Å². The van der Waals surface area contributed by atoms with Crippen molar-refractivity contribution in [3.8, 4) is 0 Å². The Kier molecular flexibility index (Phi) is 6.57. The van der Waals surface area contributed by atoms with Gasteiger partial charge in [-0.25, -0.2) is 19.2 Å². The predicted molar refractivity (Wildman–Crippen MR) is 117 cm³/mol. The van der Waals surface area contributed by atoms with Crippen LogP contribution in [0.25, 0.3) is 0 Å². The zero-order valence-corrected chi connectivity index (χ0v) is 18.3. The van der Waals surface area contributed by atoms with E-state index in [4.69, 9.17) is 0 Å². The molecule has 2 aliphatic rings. The maximum absolute atomic E-state index is 14.3. The molecule has 11 heteroatoms. The lowest BCUT2D eigenvalue weighted by molar-refractivity contribution is -0.141. The van der Waals surface area contributed by atoms with Crippen molar-refractivity contribution in [2.75, 3.05) is 41.3 Å². The van der Waals surface area contributed by atoms with Crippen molar-refractivity contribution in [1.29, 1.82) is 0 Å². The third-order valence-electron chi connectivity index (χ3n) is 6.00. The molecule has 0 radical (unpaired) electrons. The molecular formula is C22H26F4N6O. The van der Waals surface area contributed by atoms with Crippen molar-refractivity contribution in [3.05, 3.63) is 41.5 Å². The van der Waals surface area contributed by atoms with Gasteiger partial charge in [-0.3, -0.25) is 0 Å². The molecule has 0 atom stereocenters. The molecule has 7 nitrogen and oxygen atoms in total. The van der Waals surface area contributed by atoms with Crippen LogP contribution in [0.2, 0.25) is 0 Å². The van der Waals surface area contributed by atoms with Gasteiger partial charge in [-0.15, -0.1) is 0 Å². The number of anilines is 3. The van der Waals surface area contributed by atoms with Crippen LogP contribution in [0, 0.1) is 11.7 Å². The summed E-state index contributed by atoms with van der Waals surface area (Å²) >= 11 is 0. The Balaban J connectivity index is 1.43. The Morgan fingerprint density at radius 3 is 2.42 bits per heavy atom. The van der Waals surface area contributed by atoms with Gasteiger partial charge >= 0.3 is 12.2 Å². The maximum Gasteiger partial charge on any atom is 0.433 e. The third-order valence-corrected chi connectivity index (χ3v) is 6.00. The second-order valence-corrected chi connectivity index (χ2v) is 8.52.